The molecule has 1 rings (SSSR count). The molecule has 1 aromatic rings. The molecular formula is C9H13N3O. The van der Waals surface area contributed by atoms with Crippen molar-refractivity contribution in [3.05, 3.63) is 23.9 Å². The molecule has 0 atom stereocenters. The number of aromatic nitrogens is 1. The molecular weight excluding hydrogens is 166 g/mol. The van der Waals surface area contributed by atoms with Crippen LogP contribution in [0.3, 0.4) is 0 Å². The summed E-state index contributed by atoms with van der Waals surface area (Å²) in [4.78, 5) is 15.1. The topological polar surface area (TPSA) is 68.0 Å². The molecule has 0 spiro atoms. The van der Waals surface area contributed by atoms with Crippen molar-refractivity contribution in [1.29, 1.82) is 0 Å². The Morgan fingerprint density at radius 3 is 2.92 bits per heavy atom. The maximum absolute atomic E-state index is 11.1. The maximum Gasteiger partial charge on any atom is 0.226 e. The summed E-state index contributed by atoms with van der Waals surface area (Å²) in [6.07, 6.45) is 2.04. The zero-order chi connectivity index (χ0) is 9.68. The predicted octanol–water partition coefficient (Wildman–Crippen LogP) is 0.677. The Hall–Kier alpha value is -1.42. The van der Waals surface area contributed by atoms with Crippen LogP contribution in [0.4, 0.5) is 5.82 Å². The van der Waals surface area contributed by atoms with Crippen LogP contribution in [0.1, 0.15) is 12.0 Å². The van der Waals surface area contributed by atoms with Gasteiger partial charge in [-0.3, -0.25) is 4.79 Å². The van der Waals surface area contributed by atoms with Gasteiger partial charge in [-0.15, -0.1) is 0 Å². The molecule has 3 N–H and O–H groups in total. The average molecular weight is 179 g/mol. The predicted molar refractivity (Wildman–Crippen MR) is 51.3 cm³/mol. The third-order valence-corrected chi connectivity index (χ3v) is 1.55. The van der Waals surface area contributed by atoms with Crippen molar-refractivity contribution in [3.8, 4) is 0 Å². The molecule has 0 radical (unpaired) electrons. The van der Waals surface area contributed by atoms with Gasteiger partial charge in [0, 0.05) is 19.2 Å². The van der Waals surface area contributed by atoms with Crippen LogP contribution >= 0.6 is 0 Å². The largest absolute Gasteiger partial charge is 0.330 e. The molecule has 0 bridgehead atoms. The lowest BCUT2D eigenvalue weighted by molar-refractivity contribution is -0.116. The zero-order valence-corrected chi connectivity index (χ0v) is 7.58. The van der Waals surface area contributed by atoms with Crippen molar-refractivity contribution in [2.24, 2.45) is 5.73 Å². The third kappa shape index (κ3) is 3.21. The van der Waals surface area contributed by atoms with Crippen LogP contribution < -0.4 is 11.1 Å². The van der Waals surface area contributed by atoms with Crippen LogP contribution in [0.5, 0.6) is 0 Å². The van der Waals surface area contributed by atoms with Crippen LogP contribution in [-0.2, 0) is 4.79 Å². The Morgan fingerprint density at radius 1 is 1.62 bits per heavy atom. The summed E-state index contributed by atoms with van der Waals surface area (Å²) < 4.78 is 0. The first-order valence-electron chi connectivity index (χ1n) is 4.15. The standard InChI is InChI=1S/C9H13N3O/c1-7-2-3-8(11-6-7)12-9(13)4-5-10/h2-3,6H,4-5,10H2,1H3,(H,11,12,13). The summed E-state index contributed by atoms with van der Waals surface area (Å²) in [6, 6.07) is 3.66. The minimum absolute atomic E-state index is 0.0983. The molecule has 1 amide bonds. The van der Waals surface area contributed by atoms with Gasteiger partial charge < -0.3 is 11.1 Å². The van der Waals surface area contributed by atoms with Crippen molar-refractivity contribution in [2.45, 2.75) is 13.3 Å². The Labute approximate surface area is 77.2 Å². The second kappa shape index (κ2) is 4.57. The number of rotatable bonds is 3. The number of hydrogen-bond acceptors (Lipinski definition) is 3. The highest BCUT2D eigenvalue weighted by molar-refractivity contribution is 5.89. The molecule has 1 heterocycles. The van der Waals surface area contributed by atoms with Gasteiger partial charge in [-0.1, -0.05) is 6.07 Å². The quantitative estimate of drug-likeness (QED) is 0.716. The molecule has 4 nitrogen and oxygen atoms in total. The van der Waals surface area contributed by atoms with E-state index >= 15 is 0 Å². The number of carbonyl (C=O) groups is 1. The molecule has 0 fully saturated rings. The number of nitrogens with zero attached hydrogens (tertiary/aromatic N) is 1. The molecule has 70 valence electrons. The molecule has 0 aliphatic heterocycles. The van der Waals surface area contributed by atoms with Crippen molar-refractivity contribution >= 4 is 11.7 Å². The molecule has 4 heteroatoms. The summed E-state index contributed by atoms with van der Waals surface area (Å²) >= 11 is 0. The van der Waals surface area contributed by atoms with E-state index < -0.39 is 0 Å². The Morgan fingerprint density at radius 2 is 2.38 bits per heavy atom. The normalized spacial score (nSPS) is 9.69. The van der Waals surface area contributed by atoms with Crippen LogP contribution in [0.15, 0.2) is 18.3 Å². The number of anilines is 1. The van der Waals surface area contributed by atoms with Gasteiger partial charge in [-0.25, -0.2) is 4.98 Å². The number of hydrogen-bond donors (Lipinski definition) is 2. The van der Waals surface area contributed by atoms with Gasteiger partial charge in [0.2, 0.25) is 5.91 Å². The van der Waals surface area contributed by atoms with Crippen LogP contribution in [-0.4, -0.2) is 17.4 Å². The molecule has 1 aromatic heterocycles. The summed E-state index contributed by atoms with van der Waals surface area (Å²) in [5, 5.41) is 2.64. The van der Waals surface area contributed by atoms with Crippen molar-refractivity contribution in [1.82, 2.24) is 4.98 Å². The molecule has 0 unspecified atom stereocenters. The summed E-state index contributed by atoms with van der Waals surface area (Å²) in [5.74, 6) is 0.475. The smallest absolute Gasteiger partial charge is 0.226 e. The van der Waals surface area contributed by atoms with Gasteiger partial charge in [-0.05, 0) is 18.6 Å². The van der Waals surface area contributed by atoms with E-state index in [9.17, 15) is 4.79 Å². The fraction of sp³-hybridized carbons (Fsp3) is 0.333. The van der Waals surface area contributed by atoms with E-state index in [1.807, 2.05) is 13.0 Å². The van der Waals surface area contributed by atoms with Crippen LogP contribution in [0, 0.1) is 6.92 Å². The minimum atomic E-state index is -0.0983. The Bertz CT molecular complexity index is 281. The first-order chi connectivity index (χ1) is 6.22. The lowest BCUT2D eigenvalue weighted by Crippen LogP contribution is -2.16. The van der Waals surface area contributed by atoms with Gasteiger partial charge in [0.15, 0.2) is 0 Å². The third-order valence-electron chi connectivity index (χ3n) is 1.55. The molecule has 0 aliphatic rings. The van der Waals surface area contributed by atoms with Crippen molar-refractivity contribution < 1.29 is 4.79 Å². The Balaban J connectivity index is 2.54. The van der Waals surface area contributed by atoms with E-state index in [4.69, 9.17) is 5.73 Å². The van der Waals surface area contributed by atoms with E-state index in [0.29, 0.717) is 18.8 Å². The summed E-state index contributed by atoms with van der Waals surface area (Å²) in [6.45, 7) is 2.30. The van der Waals surface area contributed by atoms with Crippen molar-refractivity contribution in [2.75, 3.05) is 11.9 Å². The zero-order valence-electron chi connectivity index (χ0n) is 7.58. The Kier molecular flexibility index (Phi) is 3.40. The number of nitrogens with two attached hydrogens (primary N) is 1. The van der Waals surface area contributed by atoms with E-state index in [1.54, 1.807) is 12.3 Å². The van der Waals surface area contributed by atoms with Crippen LogP contribution in [0.2, 0.25) is 0 Å². The fourth-order valence-corrected chi connectivity index (χ4v) is 0.878. The maximum atomic E-state index is 11.1. The van der Waals surface area contributed by atoms with Crippen molar-refractivity contribution in [3.63, 3.8) is 0 Å². The number of nitrogens with one attached hydrogen (secondary N) is 1. The minimum Gasteiger partial charge on any atom is -0.330 e. The van der Waals surface area contributed by atoms with E-state index in [0.717, 1.165) is 5.56 Å². The summed E-state index contributed by atoms with van der Waals surface area (Å²) in [5.41, 5.74) is 6.29. The molecule has 13 heavy (non-hydrogen) atoms. The van der Waals surface area contributed by atoms with Gasteiger partial charge in [0.1, 0.15) is 5.82 Å². The lowest BCUT2D eigenvalue weighted by atomic mass is 10.3. The van der Waals surface area contributed by atoms with Gasteiger partial charge in [0.05, 0.1) is 0 Å². The second-order valence-electron chi connectivity index (χ2n) is 2.81. The number of carbonyl (C=O) groups excluding carboxylic acids is 1. The van der Waals surface area contributed by atoms with E-state index in [1.165, 1.54) is 0 Å². The highest BCUT2D eigenvalue weighted by Crippen LogP contribution is 2.03. The average Bonchev–Trinajstić information content (AvgIpc) is 2.09. The van der Waals surface area contributed by atoms with Gasteiger partial charge >= 0.3 is 0 Å². The fourth-order valence-electron chi connectivity index (χ4n) is 0.878. The van der Waals surface area contributed by atoms with Gasteiger partial charge in [-0.2, -0.15) is 0 Å². The van der Waals surface area contributed by atoms with E-state index in [-0.39, 0.29) is 5.91 Å². The van der Waals surface area contributed by atoms with E-state index in [2.05, 4.69) is 10.3 Å². The molecule has 0 saturated heterocycles. The highest BCUT2D eigenvalue weighted by Gasteiger charge is 2.00. The molecule has 0 aliphatic carbocycles. The highest BCUT2D eigenvalue weighted by atomic mass is 16.1. The molecule has 0 saturated carbocycles. The number of aryl methyl sites for hydroxylation is 1. The number of amides is 1. The lowest BCUT2D eigenvalue weighted by Gasteiger charge is -2.02. The monoisotopic (exact) mass is 179 g/mol. The second-order valence-corrected chi connectivity index (χ2v) is 2.81. The first kappa shape index (κ1) is 9.67. The molecule has 0 aromatic carbocycles. The first-order valence-corrected chi connectivity index (χ1v) is 4.15. The number of pyridine rings is 1. The SMILES string of the molecule is Cc1ccc(NC(=O)CCN)nc1. The van der Waals surface area contributed by atoms with Gasteiger partial charge in [0.25, 0.3) is 0 Å². The van der Waals surface area contributed by atoms with Crippen LogP contribution in [0.25, 0.3) is 0 Å². The summed E-state index contributed by atoms with van der Waals surface area (Å²) in [7, 11) is 0.